The lowest BCUT2D eigenvalue weighted by Gasteiger charge is -2.21. The summed E-state index contributed by atoms with van der Waals surface area (Å²) < 4.78 is 4.98. The van der Waals surface area contributed by atoms with Gasteiger partial charge in [-0.15, -0.1) is 0 Å². The zero-order valence-electron chi connectivity index (χ0n) is 9.78. The predicted octanol–water partition coefficient (Wildman–Crippen LogP) is 2.69. The first kappa shape index (κ1) is 12.8. The van der Waals surface area contributed by atoms with E-state index < -0.39 is 0 Å². The topological polar surface area (TPSA) is 47.0 Å². The SMILES string of the molecule is COc1ncc(Cl)c(NCC2CCSCC2)n1. The average molecular weight is 274 g/mol. The third-order valence-corrected chi connectivity index (χ3v) is 4.13. The summed E-state index contributed by atoms with van der Waals surface area (Å²) in [5, 5.41) is 3.82. The Hall–Kier alpha value is -0.680. The summed E-state index contributed by atoms with van der Waals surface area (Å²) in [5.74, 6) is 3.89. The first-order valence-electron chi connectivity index (χ1n) is 5.67. The maximum atomic E-state index is 6.02. The second kappa shape index (κ2) is 6.31. The standard InChI is InChI=1S/C11H16ClN3OS/c1-16-11-14-7-9(12)10(15-11)13-6-8-2-4-17-5-3-8/h7-8H,2-6H2,1H3,(H,13,14,15). The number of anilines is 1. The fraction of sp³-hybridized carbons (Fsp3) is 0.636. The van der Waals surface area contributed by atoms with Crippen LogP contribution in [0.4, 0.5) is 5.82 Å². The van der Waals surface area contributed by atoms with Gasteiger partial charge < -0.3 is 10.1 Å². The van der Waals surface area contributed by atoms with E-state index in [2.05, 4.69) is 15.3 Å². The van der Waals surface area contributed by atoms with E-state index in [-0.39, 0.29) is 0 Å². The summed E-state index contributed by atoms with van der Waals surface area (Å²) in [6, 6.07) is 0.344. The maximum Gasteiger partial charge on any atom is 0.318 e. The van der Waals surface area contributed by atoms with Gasteiger partial charge in [-0.25, -0.2) is 4.98 Å². The van der Waals surface area contributed by atoms with Crippen molar-refractivity contribution in [2.24, 2.45) is 5.92 Å². The van der Waals surface area contributed by atoms with E-state index in [4.69, 9.17) is 16.3 Å². The van der Waals surface area contributed by atoms with Gasteiger partial charge in [0.25, 0.3) is 0 Å². The van der Waals surface area contributed by atoms with E-state index in [0.29, 0.717) is 22.8 Å². The zero-order valence-corrected chi connectivity index (χ0v) is 11.4. The third kappa shape index (κ3) is 3.64. The van der Waals surface area contributed by atoms with Crippen LogP contribution < -0.4 is 10.1 Å². The third-order valence-electron chi connectivity index (χ3n) is 2.80. The molecular weight excluding hydrogens is 258 g/mol. The van der Waals surface area contributed by atoms with Gasteiger partial charge in [0, 0.05) is 6.54 Å². The summed E-state index contributed by atoms with van der Waals surface area (Å²) in [6.07, 6.45) is 4.08. The van der Waals surface area contributed by atoms with Gasteiger partial charge in [-0.2, -0.15) is 16.7 Å². The van der Waals surface area contributed by atoms with E-state index in [9.17, 15) is 0 Å². The van der Waals surface area contributed by atoms with Crippen molar-refractivity contribution >= 4 is 29.2 Å². The van der Waals surface area contributed by atoms with E-state index >= 15 is 0 Å². The second-order valence-corrected chi connectivity index (χ2v) is 5.62. The number of aromatic nitrogens is 2. The Kier molecular flexibility index (Phi) is 4.74. The molecule has 0 aromatic carbocycles. The molecule has 17 heavy (non-hydrogen) atoms. The molecule has 4 nitrogen and oxygen atoms in total. The number of halogens is 1. The second-order valence-electron chi connectivity index (χ2n) is 3.99. The van der Waals surface area contributed by atoms with Crippen LogP contribution in [0.2, 0.25) is 5.02 Å². The van der Waals surface area contributed by atoms with Crippen LogP contribution in [-0.2, 0) is 0 Å². The molecule has 1 aromatic heterocycles. The first-order valence-corrected chi connectivity index (χ1v) is 7.21. The number of nitrogens with zero attached hydrogens (tertiary/aromatic N) is 2. The van der Waals surface area contributed by atoms with Crippen molar-refractivity contribution in [1.82, 2.24) is 9.97 Å². The highest BCUT2D eigenvalue weighted by Crippen LogP contribution is 2.25. The summed E-state index contributed by atoms with van der Waals surface area (Å²) in [5.41, 5.74) is 0. The van der Waals surface area contributed by atoms with Crippen LogP contribution in [-0.4, -0.2) is 35.1 Å². The van der Waals surface area contributed by atoms with E-state index in [1.807, 2.05) is 11.8 Å². The molecule has 6 heteroatoms. The van der Waals surface area contributed by atoms with Crippen molar-refractivity contribution in [3.8, 4) is 6.01 Å². The van der Waals surface area contributed by atoms with Crippen LogP contribution in [0.5, 0.6) is 6.01 Å². The van der Waals surface area contributed by atoms with Gasteiger partial charge in [-0.05, 0) is 30.3 Å². The van der Waals surface area contributed by atoms with Crippen molar-refractivity contribution in [3.63, 3.8) is 0 Å². The highest BCUT2D eigenvalue weighted by molar-refractivity contribution is 7.99. The Labute approximate surface area is 111 Å². The van der Waals surface area contributed by atoms with Crippen LogP contribution in [0.15, 0.2) is 6.20 Å². The lowest BCUT2D eigenvalue weighted by molar-refractivity contribution is 0.380. The summed E-state index contributed by atoms with van der Waals surface area (Å²) in [7, 11) is 1.55. The van der Waals surface area contributed by atoms with E-state index in [1.54, 1.807) is 13.3 Å². The van der Waals surface area contributed by atoms with Gasteiger partial charge >= 0.3 is 6.01 Å². The van der Waals surface area contributed by atoms with Gasteiger partial charge in [0.05, 0.1) is 13.3 Å². The van der Waals surface area contributed by atoms with Gasteiger partial charge in [-0.1, -0.05) is 11.6 Å². The first-order chi connectivity index (χ1) is 8.29. The van der Waals surface area contributed by atoms with Crippen molar-refractivity contribution in [1.29, 1.82) is 0 Å². The lowest BCUT2D eigenvalue weighted by atomic mass is 10.0. The molecule has 0 unspecified atom stereocenters. The number of methoxy groups -OCH3 is 1. The Balaban J connectivity index is 1.92. The number of rotatable bonds is 4. The van der Waals surface area contributed by atoms with Crippen LogP contribution >= 0.6 is 23.4 Å². The minimum atomic E-state index is 0.344. The normalized spacial score (nSPS) is 16.8. The molecule has 1 N–H and O–H groups in total. The van der Waals surface area contributed by atoms with Crippen LogP contribution in [0.1, 0.15) is 12.8 Å². The van der Waals surface area contributed by atoms with E-state index in [0.717, 1.165) is 6.54 Å². The maximum absolute atomic E-state index is 6.02. The van der Waals surface area contributed by atoms with Crippen molar-refractivity contribution in [3.05, 3.63) is 11.2 Å². The molecule has 0 spiro atoms. The largest absolute Gasteiger partial charge is 0.467 e. The molecule has 0 radical (unpaired) electrons. The van der Waals surface area contributed by atoms with Crippen molar-refractivity contribution in [2.45, 2.75) is 12.8 Å². The van der Waals surface area contributed by atoms with Gasteiger partial charge in [0.1, 0.15) is 5.02 Å². The summed E-state index contributed by atoms with van der Waals surface area (Å²) in [6.45, 7) is 0.917. The molecule has 1 aliphatic rings. The summed E-state index contributed by atoms with van der Waals surface area (Å²) in [4.78, 5) is 8.14. The van der Waals surface area contributed by atoms with E-state index in [1.165, 1.54) is 24.3 Å². The Bertz CT molecular complexity index is 372. The molecule has 2 heterocycles. The zero-order chi connectivity index (χ0) is 12.1. The number of hydrogen-bond donors (Lipinski definition) is 1. The predicted molar refractivity (Wildman–Crippen MR) is 72.1 cm³/mol. The Morgan fingerprint density at radius 2 is 2.29 bits per heavy atom. The van der Waals surface area contributed by atoms with Gasteiger partial charge in [0.15, 0.2) is 5.82 Å². The number of ether oxygens (including phenoxy) is 1. The number of thioether (sulfide) groups is 1. The van der Waals surface area contributed by atoms with Crippen LogP contribution in [0.3, 0.4) is 0 Å². The van der Waals surface area contributed by atoms with Gasteiger partial charge in [-0.3, -0.25) is 0 Å². The molecule has 94 valence electrons. The lowest BCUT2D eigenvalue weighted by Crippen LogP contribution is -2.19. The molecule has 0 atom stereocenters. The quantitative estimate of drug-likeness (QED) is 0.914. The van der Waals surface area contributed by atoms with Gasteiger partial charge in [0.2, 0.25) is 0 Å². The molecule has 0 bridgehead atoms. The molecule has 1 aromatic rings. The molecule has 0 aliphatic carbocycles. The number of hydrogen-bond acceptors (Lipinski definition) is 5. The molecular formula is C11H16ClN3OS. The Morgan fingerprint density at radius 1 is 1.53 bits per heavy atom. The molecule has 2 rings (SSSR count). The summed E-state index contributed by atoms with van der Waals surface area (Å²) >= 11 is 8.05. The molecule has 1 fully saturated rings. The number of nitrogens with one attached hydrogen (secondary N) is 1. The smallest absolute Gasteiger partial charge is 0.318 e. The molecule has 0 saturated carbocycles. The average Bonchev–Trinajstić information content (AvgIpc) is 2.39. The molecule has 1 aliphatic heterocycles. The van der Waals surface area contributed by atoms with Crippen molar-refractivity contribution < 1.29 is 4.74 Å². The highest BCUT2D eigenvalue weighted by atomic mass is 35.5. The van der Waals surface area contributed by atoms with Crippen LogP contribution in [0.25, 0.3) is 0 Å². The minimum Gasteiger partial charge on any atom is -0.467 e. The molecule has 0 amide bonds. The Morgan fingerprint density at radius 3 is 3.00 bits per heavy atom. The minimum absolute atomic E-state index is 0.344. The van der Waals surface area contributed by atoms with Crippen LogP contribution in [0, 0.1) is 5.92 Å². The fourth-order valence-corrected chi connectivity index (χ4v) is 3.13. The molecule has 1 saturated heterocycles. The fourth-order valence-electron chi connectivity index (χ4n) is 1.76. The monoisotopic (exact) mass is 273 g/mol. The van der Waals surface area contributed by atoms with Crippen molar-refractivity contribution in [2.75, 3.05) is 30.5 Å². The highest BCUT2D eigenvalue weighted by Gasteiger charge is 2.14.